The third kappa shape index (κ3) is 1.53. The van der Waals surface area contributed by atoms with Gasteiger partial charge < -0.3 is 10.1 Å². The molecule has 0 spiro atoms. The molecule has 0 saturated carbocycles. The lowest BCUT2D eigenvalue weighted by Crippen LogP contribution is -1.97. The second-order valence-corrected chi connectivity index (χ2v) is 2.46. The van der Waals surface area contributed by atoms with Crippen LogP contribution in [0, 0.1) is 10.1 Å². The Bertz CT molecular complexity index is 284. The molecule has 0 fully saturated rings. The van der Waals surface area contributed by atoms with Crippen molar-refractivity contribution in [3.8, 4) is 0 Å². The van der Waals surface area contributed by atoms with Crippen LogP contribution in [0.15, 0.2) is 4.73 Å². The zero-order valence-electron chi connectivity index (χ0n) is 5.69. The van der Waals surface area contributed by atoms with Crippen LogP contribution in [0.4, 0.5) is 5.95 Å². The molecule has 1 aromatic rings. The number of hydrogen-bond acceptors (Lipinski definition) is 4. The Morgan fingerprint density at radius 1 is 1.82 bits per heavy atom. The Morgan fingerprint density at radius 2 is 2.45 bits per heavy atom. The van der Waals surface area contributed by atoms with Crippen LogP contribution in [0.1, 0.15) is 6.92 Å². The first-order valence-electron chi connectivity index (χ1n) is 2.90. The van der Waals surface area contributed by atoms with Crippen LogP contribution in [-0.2, 0) is 6.54 Å². The first-order valence-corrected chi connectivity index (χ1v) is 3.69. The van der Waals surface area contributed by atoms with Crippen molar-refractivity contribution in [2.75, 3.05) is 0 Å². The third-order valence-electron chi connectivity index (χ3n) is 1.08. The molecule has 0 N–H and O–H groups in total. The highest BCUT2D eigenvalue weighted by molar-refractivity contribution is 9.10. The highest BCUT2D eigenvalue weighted by Crippen LogP contribution is 2.10. The highest BCUT2D eigenvalue weighted by Gasteiger charge is 2.17. The Morgan fingerprint density at radius 3 is 2.73 bits per heavy atom. The molecule has 0 aliphatic rings. The molecule has 1 heterocycles. The number of aromatic nitrogens is 3. The van der Waals surface area contributed by atoms with Gasteiger partial charge in [-0.25, -0.2) is 0 Å². The molecule has 0 aromatic carbocycles. The Labute approximate surface area is 70.5 Å². The maximum atomic E-state index is 10.1. The number of rotatable bonds is 2. The molecule has 0 bridgehead atoms. The second kappa shape index (κ2) is 2.95. The van der Waals surface area contributed by atoms with Gasteiger partial charge in [0.05, 0.1) is 6.54 Å². The van der Waals surface area contributed by atoms with Gasteiger partial charge in [-0.05, 0) is 16.8 Å². The van der Waals surface area contributed by atoms with Crippen molar-refractivity contribution in [1.29, 1.82) is 0 Å². The van der Waals surface area contributed by atoms with Gasteiger partial charge in [0.15, 0.2) is 0 Å². The van der Waals surface area contributed by atoms with Crippen molar-refractivity contribution in [3.05, 3.63) is 14.8 Å². The Kier molecular flexibility index (Phi) is 2.18. The maximum absolute atomic E-state index is 10.1. The summed E-state index contributed by atoms with van der Waals surface area (Å²) in [6, 6.07) is 0. The van der Waals surface area contributed by atoms with Gasteiger partial charge in [-0.1, -0.05) is 0 Å². The van der Waals surface area contributed by atoms with Gasteiger partial charge in [-0.15, -0.1) is 0 Å². The zero-order valence-corrected chi connectivity index (χ0v) is 7.28. The summed E-state index contributed by atoms with van der Waals surface area (Å²) in [4.78, 5) is 13.1. The van der Waals surface area contributed by atoms with Gasteiger partial charge in [0.25, 0.3) is 4.73 Å². The van der Waals surface area contributed by atoms with E-state index in [2.05, 4.69) is 26.0 Å². The van der Waals surface area contributed by atoms with Gasteiger partial charge in [-0.2, -0.15) is 4.68 Å². The third-order valence-corrected chi connectivity index (χ3v) is 1.66. The van der Waals surface area contributed by atoms with Crippen LogP contribution in [-0.4, -0.2) is 19.7 Å². The maximum Gasteiger partial charge on any atom is 0.492 e. The van der Waals surface area contributed by atoms with Crippen LogP contribution in [0.2, 0.25) is 0 Å². The Hall–Kier alpha value is -0.980. The number of hydrogen-bond donors (Lipinski definition) is 0. The predicted molar refractivity (Wildman–Crippen MR) is 40.1 cm³/mol. The van der Waals surface area contributed by atoms with E-state index in [4.69, 9.17) is 0 Å². The van der Waals surface area contributed by atoms with Crippen molar-refractivity contribution in [3.63, 3.8) is 0 Å². The largest absolute Gasteiger partial charge is 0.492 e. The van der Waals surface area contributed by atoms with E-state index in [-0.39, 0.29) is 5.95 Å². The van der Waals surface area contributed by atoms with E-state index >= 15 is 0 Å². The summed E-state index contributed by atoms with van der Waals surface area (Å²) < 4.78 is 1.78. The normalized spacial score (nSPS) is 10.0. The van der Waals surface area contributed by atoms with Gasteiger partial charge in [0.2, 0.25) is 0 Å². The quantitative estimate of drug-likeness (QED) is 0.550. The summed E-state index contributed by atoms with van der Waals surface area (Å²) in [5.41, 5.74) is 0. The predicted octanol–water partition coefficient (Wildman–Crippen LogP) is 0.969. The molecular weight excluding hydrogens is 216 g/mol. The second-order valence-electron chi connectivity index (χ2n) is 1.75. The summed E-state index contributed by atoms with van der Waals surface area (Å²) in [5, 5.41) is 13.7. The molecule has 0 saturated heterocycles. The van der Waals surface area contributed by atoms with Gasteiger partial charge in [0.1, 0.15) is 0 Å². The van der Waals surface area contributed by atoms with Crippen molar-refractivity contribution in [1.82, 2.24) is 14.8 Å². The molecule has 60 valence electrons. The topological polar surface area (TPSA) is 73.8 Å². The molecule has 6 nitrogen and oxygen atoms in total. The van der Waals surface area contributed by atoms with Crippen molar-refractivity contribution >= 4 is 21.9 Å². The van der Waals surface area contributed by atoms with E-state index in [0.717, 1.165) is 0 Å². The molecule has 1 rings (SSSR count). The highest BCUT2D eigenvalue weighted by atomic mass is 79.9. The average molecular weight is 221 g/mol. The fraction of sp³-hybridized carbons (Fsp3) is 0.500. The fourth-order valence-corrected chi connectivity index (χ4v) is 1.08. The average Bonchev–Trinajstić information content (AvgIpc) is 2.31. The van der Waals surface area contributed by atoms with Crippen molar-refractivity contribution in [2.45, 2.75) is 13.5 Å². The molecular formula is C4H5BrN4O2. The van der Waals surface area contributed by atoms with Crippen LogP contribution in [0.25, 0.3) is 0 Å². The van der Waals surface area contributed by atoms with Crippen LogP contribution in [0.5, 0.6) is 0 Å². The smallest absolute Gasteiger partial charge is 0.390 e. The molecule has 0 unspecified atom stereocenters. The van der Waals surface area contributed by atoms with Crippen LogP contribution < -0.4 is 0 Å². The van der Waals surface area contributed by atoms with Crippen molar-refractivity contribution < 1.29 is 4.92 Å². The molecule has 7 heteroatoms. The number of aryl methyl sites for hydroxylation is 1. The molecule has 0 aliphatic carbocycles. The zero-order chi connectivity index (χ0) is 8.43. The summed E-state index contributed by atoms with van der Waals surface area (Å²) in [6.45, 7) is 2.38. The Balaban J connectivity index is 3.05. The van der Waals surface area contributed by atoms with Gasteiger partial charge >= 0.3 is 5.95 Å². The van der Waals surface area contributed by atoms with E-state index in [1.165, 1.54) is 4.68 Å². The monoisotopic (exact) mass is 220 g/mol. The lowest BCUT2D eigenvalue weighted by atomic mass is 10.8. The molecule has 0 aliphatic heterocycles. The van der Waals surface area contributed by atoms with Crippen molar-refractivity contribution in [2.24, 2.45) is 0 Å². The van der Waals surface area contributed by atoms with Crippen LogP contribution in [0.3, 0.4) is 0 Å². The molecule has 0 radical (unpaired) electrons. The standard InChI is InChI=1S/C4H5BrN4O2/c1-2-8-3(5)6-4(7-8)9(10)11/h2H2,1H3. The van der Waals surface area contributed by atoms with Gasteiger partial charge in [0, 0.05) is 21.0 Å². The van der Waals surface area contributed by atoms with E-state index in [0.29, 0.717) is 11.3 Å². The SMILES string of the molecule is CCn1nc([N+](=O)[O-])nc1Br. The molecule has 11 heavy (non-hydrogen) atoms. The first-order chi connectivity index (χ1) is 5.15. The van der Waals surface area contributed by atoms with E-state index in [1.54, 1.807) is 0 Å². The van der Waals surface area contributed by atoms with E-state index in [1.807, 2.05) is 6.92 Å². The van der Waals surface area contributed by atoms with E-state index < -0.39 is 4.92 Å². The number of nitro groups is 1. The number of nitrogens with zero attached hydrogens (tertiary/aromatic N) is 4. The summed E-state index contributed by atoms with van der Waals surface area (Å²) in [6.07, 6.45) is 0. The fourth-order valence-electron chi connectivity index (χ4n) is 0.590. The summed E-state index contributed by atoms with van der Waals surface area (Å²) in [5.74, 6) is -0.376. The minimum absolute atomic E-state index is 0.376. The minimum Gasteiger partial charge on any atom is -0.390 e. The van der Waals surface area contributed by atoms with E-state index in [9.17, 15) is 10.1 Å². The first kappa shape index (κ1) is 8.12. The minimum atomic E-state index is -0.628. The molecule has 1 aromatic heterocycles. The molecule has 0 amide bonds. The lowest BCUT2D eigenvalue weighted by Gasteiger charge is -1.85. The number of halogens is 1. The van der Waals surface area contributed by atoms with Crippen LogP contribution >= 0.6 is 15.9 Å². The lowest BCUT2D eigenvalue weighted by molar-refractivity contribution is -0.394. The van der Waals surface area contributed by atoms with Gasteiger partial charge in [-0.3, -0.25) is 0 Å². The molecule has 0 atom stereocenters. The summed E-state index contributed by atoms with van der Waals surface area (Å²) >= 11 is 3.03. The summed E-state index contributed by atoms with van der Waals surface area (Å²) in [7, 11) is 0.